The molecular weight excluding hydrogens is 410 g/mol. The Morgan fingerprint density at radius 1 is 1.07 bits per heavy atom. The maximum absolute atomic E-state index is 12.4. The molecule has 0 saturated carbocycles. The van der Waals surface area contributed by atoms with Crippen LogP contribution >= 0.6 is 15.9 Å². The number of rotatable bonds is 3. The van der Waals surface area contributed by atoms with Gasteiger partial charge in [0.1, 0.15) is 0 Å². The predicted molar refractivity (Wildman–Crippen MR) is 106 cm³/mol. The lowest BCUT2D eigenvalue weighted by molar-refractivity contribution is -0.126. The van der Waals surface area contributed by atoms with E-state index in [4.69, 9.17) is 0 Å². The van der Waals surface area contributed by atoms with Gasteiger partial charge in [-0.3, -0.25) is 25.2 Å². The highest BCUT2D eigenvalue weighted by Gasteiger charge is 2.35. The molecule has 0 unspecified atom stereocenters. The molecule has 1 saturated heterocycles. The number of hydrogen-bond acceptors (Lipinski definition) is 3. The maximum Gasteiger partial charge on any atom is 0.269 e. The minimum Gasteiger partial charge on any atom is -0.312 e. The van der Waals surface area contributed by atoms with E-state index < -0.39 is 11.8 Å². The van der Waals surface area contributed by atoms with Gasteiger partial charge in [-0.05, 0) is 55.3 Å². The minimum absolute atomic E-state index is 0.100. The smallest absolute Gasteiger partial charge is 0.269 e. The van der Waals surface area contributed by atoms with Crippen LogP contribution in [0.25, 0.3) is 0 Å². The third-order valence-corrected chi connectivity index (χ3v) is 5.18. The number of hydrazine groups is 1. The van der Waals surface area contributed by atoms with Crippen LogP contribution in [0.5, 0.6) is 0 Å². The number of nitrogens with zero attached hydrogens (tertiary/aromatic N) is 1. The molecule has 3 amide bonds. The molecule has 1 fully saturated rings. The van der Waals surface area contributed by atoms with Crippen LogP contribution in [0.3, 0.4) is 0 Å². The Hall–Kier alpha value is -2.67. The number of benzene rings is 2. The Morgan fingerprint density at radius 2 is 1.85 bits per heavy atom. The van der Waals surface area contributed by atoms with Crippen molar-refractivity contribution in [2.75, 3.05) is 11.4 Å². The summed E-state index contributed by atoms with van der Waals surface area (Å²) in [7, 11) is 0. The van der Waals surface area contributed by atoms with Crippen molar-refractivity contribution < 1.29 is 14.4 Å². The van der Waals surface area contributed by atoms with E-state index in [0.29, 0.717) is 12.1 Å². The molecule has 1 atom stereocenters. The zero-order valence-corrected chi connectivity index (χ0v) is 16.7. The lowest BCUT2D eigenvalue weighted by Gasteiger charge is -2.18. The van der Waals surface area contributed by atoms with Gasteiger partial charge in [-0.25, -0.2) is 0 Å². The van der Waals surface area contributed by atoms with Crippen molar-refractivity contribution in [3.8, 4) is 0 Å². The number of hydrogen-bond donors (Lipinski definition) is 2. The van der Waals surface area contributed by atoms with Gasteiger partial charge in [-0.2, -0.15) is 0 Å². The molecule has 1 heterocycles. The fourth-order valence-corrected chi connectivity index (χ4v) is 3.35. The molecule has 3 rings (SSSR count). The quantitative estimate of drug-likeness (QED) is 0.736. The van der Waals surface area contributed by atoms with Gasteiger partial charge < -0.3 is 4.90 Å². The van der Waals surface area contributed by atoms with Crippen LogP contribution in [0.4, 0.5) is 5.69 Å². The van der Waals surface area contributed by atoms with Crippen molar-refractivity contribution in [3.05, 3.63) is 63.6 Å². The molecule has 2 N–H and O–H groups in total. The molecule has 1 aliphatic rings. The first-order valence-electron chi connectivity index (χ1n) is 8.58. The van der Waals surface area contributed by atoms with Gasteiger partial charge >= 0.3 is 0 Å². The number of amides is 3. The number of aryl methyl sites for hydroxylation is 2. The summed E-state index contributed by atoms with van der Waals surface area (Å²) in [6.07, 6.45) is 0.117. The summed E-state index contributed by atoms with van der Waals surface area (Å²) < 4.78 is 0.770. The lowest BCUT2D eigenvalue weighted by Crippen LogP contribution is -2.45. The molecule has 27 heavy (non-hydrogen) atoms. The first-order valence-corrected chi connectivity index (χ1v) is 9.38. The van der Waals surface area contributed by atoms with Gasteiger partial charge in [0.25, 0.3) is 5.91 Å². The fraction of sp³-hybridized carbons (Fsp3) is 0.250. The van der Waals surface area contributed by atoms with Crippen LogP contribution in [0.15, 0.2) is 46.9 Å². The van der Waals surface area contributed by atoms with Crippen LogP contribution in [0.2, 0.25) is 0 Å². The molecule has 2 aromatic carbocycles. The largest absolute Gasteiger partial charge is 0.312 e. The third kappa shape index (κ3) is 4.36. The normalized spacial score (nSPS) is 16.3. The summed E-state index contributed by atoms with van der Waals surface area (Å²) in [4.78, 5) is 38.4. The lowest BCUT2D eigenvalue weighted by atomic mass is 10.1. The third-order valence-electron chi connectivity index (χ3n) is 4.68. The molecule has 0 aliphatic carbocycles. The zero-order chi connectivity index (χ0) is 19.6. The number of carbonyl (C=O) groups is 3. The van der Waals surface area contributed by atoms with Gasteiger partial charge in [0.05, 0.1) is 5.92 Å². The van der Waals surface area contributed by atoms with Gasteiger partial charge in [0.15, 0.2) is 0 Å². The Labute approximate surface area is 166 Å². The second-order valence-corrected chi connectivity index (χ2v) is 7.54. The first kappa shape index (κ1) is 19.1. The van der Waals surface area contributed by atoms with E-state index in [1.165, 1.54) is 0 Å². The van der Waals surface area contributed by atoms with Gasteiger partial charge in [-0.15, -0.1) is 0 Å². The molecular formula is C20H20BrN3O3. The van der Waals surface area contributed by atoms with E-state index >= 15 is 0 Å². The van der Waals surface area contributed by atoms with E-state index in [9.17, 15) is 14.4 Å². The highest BCUT2D eigenvalue weighted by atomic mass is 79.9. The van der Waals surface area contributed by atoms with Crippen molar-refractivity contribution in [2.24, 2.45) is 5.92 Å². The van der Waals surface area contributed by atoms with E-state index in [-0.39, 0.29) is 18.2 Å². The fourth-order valence-electron chi connectivity index (χ4n) is 2.95. The Kier molecular flexibility index (Phi) is 5.60. The van der Waals surface area contributed by atoms with Gasteiger partial charge in [0, 0.05) is 28.7 Å². The summed E-state index contributed by atoms with van der Waals surface area (Å²) in [5.74, 6) is -1.41. The molecule has 0 radical (unpaired) electrons. The Morgan fingerprint density at radius 3 is 2.56 bits per heavy atom. The standard InChI is InChI=1S/C20H20BrN3O3/c1-12-6-7-17(8-13(12)2)24-11-15(10-18(24)25)20(27)23-22-19(26)14-4-3-5-16(21)9-14/h3-9,15H,10-11H2,1-2H3,(H,22,26)(H,23,27)/t15-/m0/s1. The van der Waals surface area contributed by atoms with E-state index in [1.54, 1.807) is 29.2 Å². The van der Waals surface area contributed by atoms with Crippen molar-refractivity contribution in [1.82, 2.24) is 10.9 Å². The number of anilines is 1. The summed E-state index contributed by atoms with van der Waals surface area (Å²) in [6.45, 7) is 4.29. The predicted octanol–water partition coefficient (Wildman–Crippen LogP) is 2.88. The van der Waals surface area contributed by atoms with Crippen LogP contribution in [-0.2, 0) is 9.59 Å². The van der Waals surface area contributed by atoms with E-state index in [0.717, 1.165) is 21.3 Å². The zero-order valence-electron chi connectivity index (χ0n) is 15.1. The molecule has 0 aromatic heterocycles. The molecule has 140 valence electrons. The molecule has 1 aliphatic heterocycles. The average Bonchev–Trinajstić information content (AvgIpc) is 3.03. The minimum atomic E-state index is -0.512. The maximum atomic E-state index is 12.4. The van der Waals surface area contributed by atoms with Crippen LogP contribution in [0.1, 0.15) is 27.9 Å². The van der Waals surface area contributed by atoms with Crippen LogP contribution in [-0.4, -0.2) is 24.3 Å². The summed E-state index contributed by atoms with van der Waals surface area (Å²) in [5, 5.41) is 0. The van der Waals surface area contributed by atoms with Crippen molar-refractivity contribution in [1.29, 1.82) is 0 Å². The average molecular weight is 430 g/mol. The van der Waals surface area contributed by atoms with Crippen LogP contribution in [0, 0.1) is 19.8 Å². The van der Waals surface area contributed by atoms with E-state index in [1.807, 2.05) is 32.0 Å². The van der Waals surface area contributed by atoms with Crippen molar-refractivity contribution in [2.45, 2.75) is 20.3 Å². The monoisotopic (exact) mass is 429 g/mol. The molecule has 2 aromatic rings. The summed E-state index contributed by atoms with van der Waals surface area (Å²) in [5.41, 5.74) is 8.27. The number of halogens is 1. The van der Waals surface area contributed by atoms with Crippen molar-refractivity contribution >= 4 is 39.3 Å². The first-order chi connectivity index (χ1) is 12.8. The summed E-state index contributed by atoms with van der Waals surface area (Å²) >= 11 is 3.30. The molecule has 0 spiro atoms. The second-order valence-electron chi connectivity index (χ2n) is 6.63. The molecule has 6 nitrogen and oxygen atoms in total. The molecule has 0 bridgehead atoms. The van der Waals surface area contributed by atoms with Gasteiger partial charge in [0.2, 0.25) is 11.8 Å². The highest BCUT2D eigenvalue weighted by Crippen LogP contribution is 2.26. The van der Waals surface area contributed by atoms with Gasteiger partial charge in [-0.1, -0.05) is 28.1 Å². The summed E-state index contributed by atoms with van der Waals surface area (Å²) in [6, 6.07) is 12.6. The topological polar surface area (TPSA) is 78.5 Å². The molecule has 7 heteroatoms. The van der Waals surface area contributed by atoms with E-state index in [2.05, 4.69) is 26.8 Å². The van der Waals surface area contributed by atoms with Crippen molar-refractivity contribution in [3.63, 3.8) is 0 Å². The Balaban J connectivity index is 1.60. The number of nitrogens with one attached hydrogen (secondary N) is 2. The second kappa shape index (κ2) is 7.92. The number of carbonyl (C=O) groups excluding carboxylic acids is 3. The Bertz CT molecular complexity index is 913. The SMILES string of the molecule is Cc1ccc(N2C[C@@H](C(=O)NNC(=O)c3cccc(Br)c3)CC2=O)cc1C. The van der Waals surface area contributed by atoms with Crippen LogP contribution < -0.4 is 15.8 Å². The highest BCUT2D eigenvalue weighted by molar-refractivity contribution is 9.10.